The van der Waals surface area contributed by atoms with E-state index in [0.29, 0.717) is 0 Å². The summed E-state index contributed by atoms with van der Waals surface area (Å²) in [6, 6.07) is 2.02. The monoisotopic (exact) mass is 367 g/mol. The standard InChI is InChI=1S/C14H19F2NO4S2/c1-10(2)8-17(11-6-7-22(18,19)9-11)23(20,21)14-12(15)4-3-5-13(14)16/h3-5,10-11H,6-9H2,1-2H3/t11-/m0/s1. The minimum atomic E-state index is -4.47. The summed E-state index contributed by atoms with van der Waals surface area (Å²) in [7, 11) is -7.80. The highest BCUT2D eigenvalue weighted by atomic mass is 32.2. The first-order chi connectivity index (χ1) is 10.5. The summed E-state index contributed by atoms with van der Waals surface area (Å²) in [4.78, 5) is -1.02. The van der Waals surface area contributed by atoms with E-state index in [9.17, 15) is 25.6 Å². The molecule has 2 rings (SSSR count). The van der Waals surface area contributed by atoms with E-state index in [1.54, 1.807) is 13.8 Å². The number of nitrogens with zero attached hydrogens (tertiary/aromatic N) is 1. The quantitative estimate of drug-likeness (QED) is 0.796. The molecule has 9 heteroatoms. The first-order valence-corrected chi connectivity index (χ1v) is 10.5. The van der Waals surface area contributed by atoms with Crippen LogP contribution in [0.5, 0.6) is 0 Å². The molecule has 1 aliphatic heterocycles. The lowest BCUT2D eigenvalue weighted by Crippen LogP contribution is -2.43. The maximum atomic E-state index is 13.9. The third kappa shape index (κ3) is 3.89. The van der Waals surface area contributed by atoms with Gasteiger partial charge in [-0.05, 0) is 24.5 Å². The predicted molar refractivity (Wildman–Crippen MR) is 82.1 cm³/mol. The van der Waals surface area contributed by atoms with E-state index >= 15 is 0 Å². The largest absolute Gasteiger partial charge is 0.249 e. The second-order valence-corrected chi connectivity index (χ2v) is 10.1. The molecule has 130 valence electrons. The number of sulfone groups is 1. The van der Waals surface area contributed by atoms with E-state index in [0.717, 1.165) is 22.5 Å². The maximum absolute atomic E-state index is 13.9. The molecular formula is C14H19F2NO4S2. The molecule has 0 aliphatic carbocycles. The van der Waals surface area contributed by atoms with Crippen LogP contribution >= 0.6 is 0 Å². The molecule has 1 atom stereocenters. The van der Waals surface area contributed by atoms with E-state index in [1.165, 1.54) is 0 Å². The highest BCUT2D eigenvalue weighted by Gasteiger charge is 2.41. The van der Waals surface area contributed by atoms with Gasteiger partial charge in [0.15, 0.2) is 14.7 Å². The summed E-state index contributed by atoms with van der Waals surface area (Å²) in [5.74, 6) is -2.93. The van der Waals surface area contributed by atoms with Crippen LogP contribution in [0.25, 0.3) is 0 Å². The van der Waals surface area contributed by atoms with Crippen LogP contribution in [0.2, 0.25) is 0 Å². The van der Waals surface area contributed by atoms with Crippen molar-refractivity contribution in [3.8, 4) is 0 Å². The second kappa shape index (κ2) is 6.45. The number of halogens is 2. The molecule has 1 aromatic carbocycles. The average molecular weight is 367 g/mol. The fourth-order valence-corrected chi connectivity index (χ4v) is 6.41. The molecule has 0 radical (unpaired) electrons. The molecule has 0 saturated carbocycles. The van der Waals surface area contributed by atoms with Crippen molar-refractivity contribution in [2.24, 2.45) is 5.92 Å². The Balaban J connectivity index is 2.50. The smallest absolute Gasteiger partial charge is 0.229 e. The van der Waals surface area contributed by atoms with Gasteiger partial charge in [0.05, 0.1) is 11.5 Å². The highest BCUT2D eigenvalue weighted by molar-refractivity contribution is 7.92. The predicted octanol–water partition coefficient (Wildman–Crippen LogP) is 1.80. The van der Waals surface area contributed by atoms with Crippen molar-refractivity contribution in [2.45, 2.75) is 31.2 Å². The Bertz CT molecular complexity index is 771. The summed E-state index contributed by atoms with van der Waals surface area (Å²) in [5.41, 5.74) is 0. The number of rotatable bonds is 5. The van der Waals surface area contributed by atoms with Crippen LogP contribution in [0, 0.1) is 17.6 Å². The van der Waals surface area contributed by atoms with Crippen LogP contribution in [-0.2, 0) is 19.9 Å². The minimum Gasteiger partial charge on any atom is -0.229 e. The summed E-state index contributed by atoms with van der Waals surface area (Å²) < 4.78 is 77.6. The van der Waals surface area contributed by atoms with Gasteiger partial charge in [-0.1, -0.05) is 19.9 Å². The van der Waals surface area contributed by atoms with Crippen molar-refractivity contribution in [3.05, 3.63) is 29.8 Å². The fourth-order valence-electron chi connectivity index (χ4n) is 2.65. The zero-order chi connectivity index (χ0) is 17.4. The lowest BCUT2D eigenvalue weighted by Gasteiger charge is -2.29. The summed E-state index contributed by atoms with van der Waals surface area (Å²) in [5, 5.41) is 0. The Morgan fingerprint density at radius 2 is 1.83 bits per heavy atom. The van der Waals surface area contributed by atoms with Gasteiger partial charge in [-0.25, -0.2) is 25.6 Å². The molecule has 5 nitrogen and oxygen atoms in total. The molecule has 1 saturated heterocycles. The van der Waals surface area contributed by atoms with Crippen LogP contribution in [0.1, 0.15) is 20.3 Å². The molecule has 0 N–H and O–H groups in total. The number of sulfonamides is 1. The van der Waals surface area contributed by atoms with Gasteiger partial charge in [-0.3, -0.25) is 0 Å². The van der Waals surface area contributed by atoms with Crippen LogP contribution in [0.3, 0.4) is 0 Å². The van der Waals surface area contributed by atoms with Gasteiger partial charge in [0, 0.05) is 12.6 Å². The lowest BCUT2D eigenvalue weighted by atomic mass is 10.2. The van der Waals surface area contributed by atoms with E-state index in [2.05, 4.69) is 0 Å². The first kappa shape index (κ1) is 18.3. The van der Waals surface area contributed by atoms with Crippen molar-refractivity contribution < 1.29 is 25.6 Å². The van der Waals surface area contributed by atoms with Crippen molar-refractivity contribution in [1.82, 2.24) is 4.31 Å². The zero-order valence-corrected chi connectivity index (χ0v) is 14.5. The Morgan fingerprint density at radius 3 is 2.26 bits per heavy atom. The molecule has 0 bridgehead atoms. The highest BCUT2D eigenvalue weighted by Crippen LogP contribution is 2.28. The van der Waals surface area contributed by atoms with Gasteiger partial charge in [0.25, 0.3) is 0 Å². The zero-order valence-electron chi connectivity index (χ0n) is 12.9. The van der Waals surface area contributed by atoms with Gasteiger partial charge in [-0.2, -0.15) is 4.31 Å². The van der Waals surface area contributed by atoms with Crippen molar-refractivity contribution >= 4 is 19.9 Å². The van der Waals surface area contributed by atoms with E-state index < -0.39 is 42.4 Å². The van der Waals surface area contributed by atoms with Crippen molar-refractivity contribution in [2.75, 3.05) is 18.1 Å². The fraction of sp³-hybridized carbons (Fsp3) is 0.571. The molecule has 0 unspecified atom stereocenters. The molecule has 1 fully saturated rings. The van der Waals surface area contributed by atoms with Gasteiger partial charge in [0.2, 0.25) is 10.0 Å². The van der Waals surface area contributed by atoms with E-state index in [1.807, 2.05) is 0 Å². The Morgan fingerprint density at radius 1 is 1.26 bits per heavy atom. The van der Waals surface area contributed by atoms with Gasteiger partial charge >= 0.3 is 0 Å². The molecule has 1 aliphatic rings. The van der Waals surface area contributed by atoms with Gasteiger partial charge in [-0.15, -0.1) is 0 Å². The average Bonchev–Trinajstić information content (AvgIpc) is 2.75. The molecule has 0 aromatic heterocycles. The van der Waals surface area contributed by atoms with Gasteiger partial charge < -0.3 is 0 Å². The Kier molecular flexibility index (Phi) is 5.12. The topological polar surface area (TPSA) is 71.5 Å². The number of hydrogen-bond acceptors (Lipinski definition) is 4. The summed E-state index contributed by atoms with van der Waals surface area (Å²) >= 11 is 0. The molecule has 0 amide bonds. The van der Waals surface area contributed by atoms with Crippen molar-refractivity contribution in [3.63, 3.8) is 0 Å². The van der Waals surface area contributed by atoms with Crippen LogP contribution < -0.4 is 0 Å². The van der Waals surface area contributed by atoms with Crippen LogP contribution in [-0.4, -0.2) is 45.2 Å². The van der Waals surface area contributed by atoms with Gasteiger partial charge in [0.1, 0.15) is 11.6 Å². The third-order valence-corrected chi connectivity index (χ3v) is 7.37. The molecule has 0 spiro atoms. The van der Waals surface area contributed by atoms with Crippen LogP contribution in [0.15, 0.2) is 23.1 Å². The van der Waals surface area contributed by atoms with E-state index in [-0.39, 0.29) is 30.4 Å². The SMILES string of the molecule is CC(C)CN([C@H]1CCS(=O)(=O)C1)S(=O)(=O)c1c(F)cccc1F. The molecular weight excluding hydrogens is 348 g/mol. The summed E-state index contributed by atoms with van der Waals surface area (Å²) in [6.07, 6.45) is 0.129. The van der Waals surface area contributed by atoms with E-state index in [4.69, 9.17) is 0 Å². The number of hydrogen-bond donors (Lipinski definition) is 0. The molecule has 1 heterocycles. The molecule has 1 aromatic rings. The second-order valence-electron chi connectivity index (χ2n) is 6.08. The third-order valence-electron chi connectivity index (χ3n) is 3.65. The Labute approximate surface area is 135 Å². The lowest BCUT2D eigenvalue weighted by molar-refractivity contribution is 0.305. The molecule has 23 heavy (non-hydrogen) atoms. The normalized spacial score (nSPS) is 21.2. The number of benzene rings is 1. The minimum absolute atomic E-state index is 0.00368. The Hall–Kier alpha value is -1.06. The summed E-state index contributed by atoms with van der Waals surface area (Å²) in [6.45, 7) is 3.50. The van der Waals surface area contributed by atoms with Crippen molar-refractivity contribution in [1.29, 1.82) is 0 Å². The maximum Gasteiger partial charge on any atom is 0.249 e. The first-order valence-electron chi connectivity index (χ1n) is 7.21. The van der Waals surface area contributed by atoms with Crippen LogP contribution in [0.4, 0.5) is 8.78 Å².